The van der Waals surface area contributed by atoms with E-state index in [0.29, 0.717) is 41.5 Å². The number of ketones is 1. The van der Waals surface area contributed by atoms with Crippen molar-refractivity contribution in [3.63, 3.8) is 0 Å². The summed E-state index contributed by atoms with van der Waals surface area (Å²) in [6.45, 7) is 8.41. The Morgan fingerprint density at radius 2 is 1.62 bits per heavy atom. The van der Waals surface area contributed by atoms with Gasteiger partial charge in [0.25, 0.3) is 5.78 Å². The summed E-state index contributed by atoms with van der Waals surface area (Å²) in [5.74, 6) is -1.35. The highest BCUT2D eigenvalue weighted by Gasteiger charge is 2.48. The lowest BCUT2D eigenvalue weighted by atomic mass is 9.95. The van der Waals surface area contributed by atoms with E-state index in [9.17, 15) is 19.5 Å². The van der Waals surface area contributed by atoms with E-state index in [1.54, 1.807) is 62.4 Å². The molecule has 0 aliphatic carbocycles. The molecule has 204 valence electrons. The first kappa shape index (κ1) is 27.8. The van der Waals surface area contributed by atoms with E-state index in [1.165, 1.54) is 4.90 Å². The molecule has 1 atom stereocenters. The lowest BCUT2D eigenvalue weighted by molar-refractivity contribution is -0.132. The summed E-state index contributed by atoms with van der Waals surface area (Å²) in [5.41, 5.74) is 1.21. The SMILES string of the molecule is CCCOc1ccc([C@H]2C(=C(O)c3ccc(OCC)cc3)C(=O)C(=O)N2c2nc(C)c(C(=O)OCC)s2)cc1. The van der Waals surface area contributed by atoms with Gasteiger partial charge >= 0.3 is 11.9 Å². The predicted molar refractivity (Wildman–Crippen MR) is 147 cm³/mol. The van der Waals surface area contributed by atoms with Crippen LogP contribution in [-0.4, -0.2) is 47.6 Å². The van der Waals surface area contributed by atoms with Crippen LogP contribution in [0.3, 0.4) is 0 Å². The maximum Gasteiger partial charge on any atom is 0.350 e. The first-order valence-electron chi connectivity index (χ1n) is 12.7. The third kappa shape index (κ3) is 5.65. The molecule has 1 N–H and O–H groups in total. The fraction of sp³-hybridized carbons (Fsp3) is 0.310. The van der Waals surface area contributed by atoms with E-state index >= 15 is 0 Å². The minimum atomic E-state index is -0.989. The number of nitrogens with zero attached hydrogens (tertiary/aromatic N) is 2. The summed E-state index contributed by atoms with van der Waals surface area (Å²) in [5, 5.41) is 11.5. The Balaban J connectivity index is 1.84. The summed E-state index contributed by atoms with van der Waals surface area (Å²) < 4.78 is 16.3. The number of benzene rings is 2. The van der Waals surface area contributed by atoms with Gasteiger partial charge in [-0.2, -0.15) is 0 Å². The Bertz CT molecular complexity index is 1390. The van der Waals surface area contributed by atoms with E-state index in [2.05, 4.69) is 4.98 Å². The number of ether oxygens (including phenoxy) is 3. The third-order valence-electron chi connectivity index (χ3n) is 6.00. The van der Waals surface area contributed by atoms with Crippen LogP contribution < -0.4 is 14.4 Å². The summed E-state index contributed by atoms with van der Waals surface area (Å²) in [6.07, 6.45) is 0.843. The van der Waals surface area contributed by atoms with Crippen LogP contribution in [0, 0.1) is 6.92 Å². The molecule has 1 aliphatic rings. The quantitative estimate of drug-likeness (QED) is 0.154. The molecule has 1 aromatic heterocycles. The molecule has 1 saturated heterocycles. The Hall–Kier alpha value is -4.18. The van der Waals surface area contributed by atoms with Gasteiger partial charge in [-0.3, -0.25) is 14.5 Å². The van der Waals surface area contributed by atoms with Gasteiger partial charge in [0, 0.05) is 5.56 Å². The zero-order valence-electron chi connectivity index (χ0n) is 22.2. The van der Waals surface area contributed by atoms with Crippen LogP contribution in [-0.2, 0) is 14.3 Å². The standard InChI is InChI=1S/C29H30N2O7S/c1-5-16-38-21-12-8-18(9-13-21)23-22(24(32)19-10-14-20(15-11-19)36-6-2)25(33)27(34)31(23)29-30-17(4)26(39-29)28(35)37-7-3/h8-15,23,32H,5-7,16H2,1-4H3/t23-/m0/s1. The molecule has 2 heterocycles. The highest BCUT2D eigenvalue weighted by Crippen LogP contribution is 2.44. The average molecular weight is 551 g/mol. The molecule has 1 fully saturated rings. The van der Waals surface area contributed by atoms with Gasteiger partial charge in [-0.25, -0.2) is 9.78 Å². The molecule has 0 spiro atoms. The highest BCUT2D eigenvalue weighted by molar-refractivity contribution is 7.17. The summed E-state index contributed by atoms with van der Waals surface area (Å²) in [7, 11) is 0. The number of hydrogen-bond donors (Lipinski definition) is 1. The van der Waals surface area contributed by atoms with Crippen molar-refractivity contribution in [3.8, 4) is 11.5 Å². The van der Waals surface area contributed by atoms with Crippen molar-refractivity contribution in [2.45, 2.75) is 40.2 Å². The molecule has 2 aromatic carbocycles. The van der Waals surface area contributed by atoms with Crippen molar-refractivity contribution in [2.24, 2.45) is 0 Å². The van der Waals surface area contributed by atoms with Crippen molar-refractivity contribution >= 4 is 39.9 Å². The number of Topliss-reactive ketones (excluding diaryl/α,β-unsaturated/α-hetero) is 1. The first-order valence-corrected chi connectivity index (χ1v) is 13.5. The largest absolute Gasteiger partial charge is 0.507 e. The van der Waals surface area contributed by atoms with Crippen molar-refractivity contribution < 1.29 is 33.7 Å². The van der Waals surface area contributed by atoms with Crippen LogP contribution in [0.4, 0.5) is 5.13 Å². The Kier molecular flexibility index (Phi) is 8.65. The first-order chi connectivity index (χ1) is 18.8. The van der Waals surface area contributed by atoms with Crippen molar-refractivity contribution in [1.82, 2.24) is 4.98 Å². The van der Waals surface area contributed by atoms with E-state index in [-0.39, 0.29) is 27.9 Å². The second kappa shape index (κ2) is 12.1. The number of aliphatic hydroxyl groups is 1. The highest BCUT2D eigenvalue weighted by atomic mass is 32.1. The van der Waals surface area contributed by atoms with E-state index in [1.807, 2.05) is 13.8 Å². The molecule has 0 unspecified atom stereocenters. The van der Waals surface area contributed by atoms with Crippen LogP contribution in [0.1, 0.15) is 59.7 Å². The molecule has 9 nitrogen and oxygen atoms in total. The number of carbonyl (C=O) groups excluding carboxylic acids is 3. The predicted octanol–water partition coefficient (Wildman–Crippen LogP) is 5.44. The number of aliphatic hydroxyl groups excluding tert-OH is 1. The fourth-order valence-corrected chi connectivity index (χ4v) is 5.20. The molecule has 1 amide bonds. The number of esters is 1. The second-order valence-electron chi connectivity index (χ2n) is 8.68. The van der Waals surface area contributed by atoms with Gasteiger partial charge in [0.15, 0.2) is 5.13 Å². The van der Waals surface area contributed by atoms with Crippen molar-refractivity contribution in [3.05, 3.63) is 75.8 Å². The number of anilines is 1. The topological polar surface area (TPSA) is 115 Å². The zero-order valence-corrected chi connectivity index (χ0v) is 23.0. The zero-order chi connectivity index (χ0) is 28.1. The average Bonchev–Trinajstić information content (AvgIpc) is 3.44. The number of thiazole rings is 1. The molecule has 0 bridgehead atoms. The van der Waals surface area contributed by atoms with Crippen LogP contribution in [0.25, 0.3) is 5.76 Å². The molecule has 0 saturated carbocycles. The smallest absolute Gasteiger partial charge is 0.350 e. The van der Waals surface area contributed by atoms with Crippen LogP contribution in [0.15, 0.2) is 54.1 Å². The molecule has 10 heteroatoms. The van der Waals surface area contributed by atoms with Gasteiger partial charge < -0.3 is 19.3 Å². The van der Waals surface area contributed by atoms with Gasteiger partial charge in [-0.15, -0.1) is 0 Å². The number of aryl methyl sites for hydroxylation is 1. The lowest BCUT2D eigenvalue weighted by Gasteiger charge is -2.23. The maximum atomic E-state index is 13.4. The number of carbonyl (C=O) groups is 3. The van der Waals surface area contributed by atoms with Gasteiger partial charge in [0.05, 0.1) is 37.1 Å². The Labute approximate surface area is 230 Å². The molecule has 0 radical (unpaired) electrons. The van der Waals surface area contributed by atoms with Gasteiger partial charge in [-0.05, 0) is 69.2 Å². The normalized spacial score (nSPS) is 16.4. The minimum absolute atomic E-state index is 0.0862. The van der Waals surface area contributed by atoms with Crippen molar-refractivity contribution in [1.29, 1.82) is 0 Å². The van der Waals surface area contributed by atoms with Crippen LogP contribution >= 0.6 is 11.3 Å². The molecule has 4 rings (SSSR count). The summed E-state index contributed by atoms with van der Waals surface area (Å²) >= 11 is 0.962. The lowest BCUT2D eigenvalue weighted by Crippen LogP contribution is -2.29. The fourth-order valence-electron chi connectivity index (χ4n) is 4.21. The van der Waals surface area contributed by atoms with Gasteiger partial charge in [0.1, 0.15) is 22.1 Å². The van der Waals surface area contributed by atoms with E-state index in [4.69, 9.17) is 14.2 Å². The molecule has 3 aromatic rings. The number of amides is 1. The number of rotatable bonds is 10. The number of hydrogen-bond acceptors (Lipinski definition) is 9. The molecular formula is C29H30N2O7S. The van der Waals surface area contributed by atoms with Crippen LogP contribution in [0.2, 0.25) is 0 Å². The van der Waals surface area contributed by atoms with Gasteiger partial charge in [0.2, 0.25) is 0 Å². The van der Waals surface area contributed by atoms with Gasteiger partial charge in [-0.1, -0.05) is 30.4 Å². The molecule has 1 aliphatic heterocycles. The minimum Gasteiger partial charge on any atom is -0.507 e. The summed E-state index contributed by atoms with van der Waals surface area (Å²) in [6, 6.07) is 12.6. The molecule has 39 heavy (non-hydrogen) atoms. The Morgan fingerprint density at radius 3 is 2.23 bits per heavy atom. The van der Waals surface area contributed by atoms with Crippen molar-refractivity contribution in [2.75, 3.05) is 24.7 Å². The second-order valence-corrected chi connectivity index (χ2v) is 9.65. The number of aromatic nitrogens is 1. The third-order valence-corrected chi connectivity index (χ3v) is 7.14. The molecular weight excluding hydrogens is 520 g/mol. The summed E-state index contributed by atoms with van der Waals surface area (Å²) in [4.78, 5) is 45.2. The monoisotopic (exact) mass is 550 g/mol. The van der Waals surface area contributed by atoms with E-state index in [0.717, 1.165) is 17.8 Å². The maximum absolute atomic E-state index is 13.4. The van der Waals surface area contributed by atoms with Crippen LogP contribution in [0.5, 0.6) is 11.5 Å². The Morgan fingerprint density at radius 1 is 0.974 bits per heavy atom. The van der Waals surface area contributed by atoms with E-state index < -0.39 is 23.7 Å².